The van der Waals surface area contributed by atoms with Gasteiger partial charge in [0.15, 0.2) is 11.5 Å². The Kier molecular flexibility index (Phi) is 9.28. The molecule has 2 aromatic rings. The van der Waals surface area contributed by atoms with Crippen LogP contribution in [0.2, 0.25) is 0 Å². The number of hydrogen-bond donors (Lipinski definition) is 0. The number of hydrogen-bond acceptors (Lipinski definition) is 6. The van der Waals surface area contributed by atoms with Crippen molar-refractivity contribution in [3.05, 3.63) is 47.9 Å². The van der Waals surface area contributed by atoms with Crippen molar-refractivity contribution in [3.8, 4) is 11.5 Å². The molecule has 3 heterocycles. The Labute approximate surface area is 213 Å². The van der Waals surface area contributed by atoms with Gasteiger partial charge in [-0.25, -0.2) is 0 Å². The fourth-order valence-corrected chi connectivity index (χ4v) is 4.82. The summed E-state index contributed by atoms with van der Waals surface area (Å²) >= 11 is 0. The predicted molar refractivity (Wildman–Crippen MR) is 134 cm³/mol. The van der Waals surface area contributed by atoms with Gasteiger partial charge >= 0.3 is 0 Å². The summed E-state index contributed by atoms with van der Waals surface area (Å²) in [6.07, 6.45) is 7.14. The number of benzene rings is 1. The van der Waals surface area contributed by atoms with Gasteiger partial charge in [-0.3, -0.25) is 9.59 Å². The number of unbranched alkanes of at least 4 members (excludes halogenated alkanes) is 1. The van der Waals surface area contributed by atoms with Gasteiger partial charge in [-0.1, -0.05) is 32.8 Å². The molecule has 0 N–H and O–H groups in total. The number of ether oxygens (including phenoxy) is 3. The Morgan fingerprint density at radius 3 is 2.67 bits per heavy atom. The molecule has 4 rings (SSSR count). The molecule has 0 saturated carbocycles. The molecule has 1 aromatic carbocycles. The topological polar surface area (TPSA) is 81.5 Å². The van der Waals surface area contributed by atoms with Crippen LogP contribution < -0.4 is 9.47 Å². The molecule has 0 spiro atoms. The Morgan fingerprint density at radius 1 is 1.08 bits per heavy atom. The van der Waals surface area contributed by atoms with Crippen LogP contribution in [-0.2, 0) is 27.4 Å². The van der Waals surface area contributed by atoms with Crippen molar-refractivity contribution in [2.75, 3.05) is 26.5 Å². The molecular formula is C28H38N2O6. The molecule has 1 aromatic heterocycles. The summed E-state index contributed by atoms with van der Waals surface area (Å²) in [5.41, 5.74) is 0.922. The van der Waals surface area contributed by atoms with Gasteiger partial charge < -0.3 is 28.4 Å². The molecule has 8 nitrogen and oxygen atoms in total. The van der Waals surface area contributed by atoms with Crippen LogP contribution in [0.5, 0.6) is 11.5 Å². The van der Waals surface area contributed by atoms with Crippen LogP contribution in [0.4, 0.5) is 0 Å². The van der Waals surface area contributed by atoms with Crippen molar-refractivity contribution in [1.29, 1.82) is 0 Å². The van der Waals surface area contributed by atoms with Gasteiger partial charge in [-0.05, 0) is 55.5 Å². The van der Waals surface area contributed by atoms with Crippen molar-refractivity contribution in [2.24, 2.45) is 5.92 Å². The Balaban J connectivity index is 1.51. The van der Waals surface area contributed by atoms with Gasteiger partial charge in [0.05, 0.1) is 25.5 Å². The monoisotopic (exact) mass is 498 g/mol. The molecule has 0 bridgehead atoms. The molecule has 36 heavy (non-hydrogen) atoms. The maximum Gasteiger partial charge on any atom is 0.242 e. The second kappa shape index (κ2) is 12.8. The Bertz CT molecular complexity index is 986. The van der Waals surface area contributed by atoms with Crippen LogP contribution in [0.3, 0.4) is 0 Å². The van der Waals surface area contributed by atoms with Crippen molar-refractivity contribution in [2.45, 2.75) is 71.6 Å². The summed E-state index contributed by atoms with van der Waals surface area (Å²) in [4.78, 5) is 30.8. The summed E-state index contributed by atoms with van der Waals surface area (Å²) in [6.45, 7) is 6.24. The number of furan rings is 1. The lowest BCUT2D eigenvalue weighted by Gasteiger charge is -2.31. The number of rotatable bonds is 13. The number of carbonyl (C=O) groups is 2. The molecule has 1 fully saturated rings. The quantitative estimate of drug-likeness (QED) is 0.396. The molecule has 196 valence electrons. The lowest BCUT2D eigenvalue weighted by Crippen LogP contribution is -2.47. The minimum absolute atomic E-state index is 0.0159. The first-order valence-electron chi connectivity index (χ1n) is 13.2. The van der Waals surface area contributed by atoms with E-state index in [9.17, 15) is 9.59 Å². The summed E-state index contributed by atoms with van der Waals surface area (Å²) in [5, 5.41) is 0. The van der Waals surface area contributed by atoms with Crippen LogP contribution in [0.1, 0.15) is 63.7 Å². The van der Waals surface area contributed by atoms with E-state index in [0.717, 1.165) is 44.1 Å². The fourth-order valence-electron chi connectivity index (χ4n) is 4.82. The van der Waals surface area contributed by atoms with Gasteiger partial charge in [0.1, 0.15) is 5.76 Å². The normalized spacial score (nSPS) is 17.2. The van der Waals surface area contributed by atoms with E-state index in [1.54, 1.807) is 16.1 Å². The molecule has 2 aliphatic rings. The number of amides is 2. The fraction of sp³-hybridized carbons (Fsp3) is 0.571. The van der Waals surface area contributed by atoms with Crippen LogP contribution in [-0.4, -0.2) is 54.2 Å². The summed E-state index contributed by atoms with van der Waals surface area (Å²) in [6, 6.07) is 9.36. The zero-order chi connectivity index (χ0) is 25.3. The average molecular weight is 499 g/mol. The van der Waals surface area contributed by atoms with Gasteiger partial charge in [0.2, 0.25) is 18.6 Å². The minimum Gasteiger partial charge on any atom is -0.467 e. The van der Waals surface area contributed by atoms with Crippen molar-refractivity contribution >= 4 is 11.8 Å². The highest BCUT2D eigenvalue weighted by Gasteiger charge is 2.30. The first kappa shape index (κ1) is 26.1. The number of fused-ring (bicyclic) bond motifs is 1. The van der Waals surface area contributed by atoms with Gasteiger partial charge in [-0.2, -0.15) is 0 Å². The van der Waals surface area contributed by atoms with Crippen molar-refractivity contribution in [3.63, 3.8) is 0 Å². The molecule has 1 saturated heterocycles. The highest BCUT2D eigenvalue weighted by molar-refractivity contribution is 5.86. The smallest absolute Gasteiger partial charge is 0.242 e. The lowest BCUT2D eigenvalue weighted by atomic mass is 9.97. The number of carbonyl (C=O) groups excluding carboxylic acids is 2. The van der Waals surface area contributed by atoms with Gasteiger partial charge in [0, 0.05) is 25.6 Å². The zero-order valence-electron chi connectivity index (χ0n) is 21.4. The second-order valence-electron chi connectivity index (χ2n) is 9.62. The lowest BCUT2D eigenvalue weighted by molar-refractivity contribution is -0.145. The molecule has 2 amide bonds. The van der Waals surface area contributed by atoms with Crippen LogP contribution in [0.15, 0.2) is 41.0 Å². The average Bonchev–Trinajstić information content (AvgIpc) is 3.66. The summed E-state index contributed by atoms with van der Waals surface area (Å²) in [7, 11) is 0. The Hall–Kier alpha value is -3.00. The minimum atomic E-state index is -0.124. The summed E-state index contributed by atoms with van der Waals surface area (Å²) in [5.74, 6) is 1.92. The van der Waals surface area contributed by atoms with E-state index in [1.165, 1.54) is 0 Å². The van der Waals surface area contributed by atoms with Crippen LogP contribution in [0.25, 0.3) is 0 Å². The maximum absolute atomic E-state index is 13.7. The molecule has 2 atom stereocenters. The van der Waals surface area contributed by atoms with Crippen LogP contribution >= 0.6 is 0 Å². The largest absolute Gasteiger partial charge is 0.467 e. The number of nitrogens with zero attached hydrogens (tertiary/aromatic N) is 2. The van der Waals surface area contributed by atoms with E-state index in [-0.39, 0.29) is 37.2 Å². The van der Waals surface area contributed by atoms with Crippen LogP contribution in [0, 0.1) is 5.92 Å². The second-order valence-corrected chi connectivity index (χ2v) is 9.62. The highest BCUT2D eigenvalue weighted by atomic mass is 16.7. The van der Waals surface area contributed by atoms with Crippen molar-refractivity contribution in [1.82, 2.24) is 9.80 Å². The molecule has 8 heteroatoms. The highest BCUT2D eigenvalue weighted by Crippen LogP contribution is 2.33. The molecule has 2 aliphatic heterocycles. The first-order valence-corrected chi connectivity index (χ1v) is 13.2. The van der Waals surface area contributed by atoms with E-state index in [2.05, 4.69) is 6.92 Å². The molecule has 0 aliphatic carbocycles. The van der Waals surface area contributed by atoms with E-state index >= 15 is 0 Å². The summed E-state index contributed by atoms with van der Waals surface area (Å²) < 4.78 is 22.3. The van der Waals surface area contributed by atoms with Gasteiger partial charge in [-0.15, -0.1) is 0 Å². The van der Waals surface area contributed by atoms with E-state index < -0.39 is 0 Å². The third-order valence-corrected chi connectivity index (χ3v) is 6.92. The Morgan fingerprint density at radius 2 is 1.94 bits per heavy atom. The van der Waals surface area contributed by atoms with Crippen molar-refractivity contribution < 1.29 is 28.2 Å². The standard InChI is InChI=1S/C28H38N2O6/c1-3-5-8-22(4-2)28(32)30(18-24-10-7-14-34-24)19-27(31)29(17-23-9-6-13-33-23)16-21-11-12-25-26(15-21)36-20-35-25/h6,9,11-13,15,22,24H,3-5,7-8,10,14,16-20H2,1-2H3/t22-,24+/m0/s1. The third kappa shape index (κ3) is 6.81. The third-order valence-electron chi connectivity index (χ3n) is 6.92. The first-order chi connectivity index (χ1) is 17.6. The molecule has 0 unspecified atom stereocenters. The SMILES string of the molecule is CCCC[C@H](CC)C(=O)N(CC(=O)N(Cc1ccc2c(c1)OCO2)Cc1ccco1)C[C@H]1CCCO1. The van der Waals surface area contributed by atoms with Gasteiger partial charge in [0.25, 0.3) is 0 Å². The maximum atomic E-state index is 13.7. The molecular weight excluding hydrogens is 460 g/mol. The zero-order valence-corrected chi connectivity index (χ0v) is 21.4. The van der Waals surface area contributed by atoms with E-state index in [1.807, 2.05) is 37.3 Å². The van der Waals surface area contributed by atoms with E-state index in [0.29, 0.717) is 43.5 Å². The molecule has 0 radical (unpaired) electrons. The van der Waals surface area contributed by atoms with E-state index in [4.69, 9.17) is 18.6 Å². The predicted octanol–water partition coefficient (Wildman–Crippen LogP) is 4.76.